The van der Waals surface area contributed by atoms with Crippen molar-refractivity contribution in [1.29, 1.82) is 0 Å². The van der Waals surface area contributed by atoms with Crippen LogP contribution in [0.5, 0.6) is 5.75 Å². The van der Waals surface area contributed by atoms with Gasteiger partial charge in [0.05, 0.1) is 0 Å². The van der Waals surface area contributed by atoms with E-state index in [1.54, 1.807) is 0 Å². The quantitative estimate of drug-likeness (QED) is 0.819. The normalized spacial score (nSPS) is 15.8. The van der Waals surface area contributed by atoms with Crippen LogP contribution in [-0.4, -0.2) is 55.3 Å². The molecule has 1 aromatic rings. The molecule has 1 fully saturated rings. The van der Waals surface area contributed by atoms with Gasteiger partial charge in [-0.15, -0.1) is 0 Å². The third-order valence-electron chi connectivity index (χ3n) is 3.38. The van der Waals surface area contributed by atoms with Gasteiger partial charge in [-0.3, -0.25) is 4.79 Å². The van der Waals surface area contributed by atoms with Crippen LogP contribution in [0.3, 0.4) is 0 Å². The van der Waals surface area contributed by atoms with Crippen LogP contribution >= 0.6 is 0 Å². The SMILES string of the molecule is O=C(COc1ccc(CCO)cc1)N1CCCNCC1. The van der Waals surface area contributed by atoms with Crippen LogP contribution in [0.25, 0.3) is 0 Å². The van der Waals surface area contributed by atoms with Gasteiger partial charge in [0, 0.05) is 26.2 Å². The van der Waals surface area contributed by atoms with Crippen molar-refractivity contribution in [2.24, 2.45) is 0 Å². The first-order valence-electron chi connectivity index (χ1n) is 7.10. The lowest BCUT2D eigenvalue weighted by Crippen LogP contribution is -2.37. The van der Waals surface area contributed by atoms with E-state index in [4.69, 9.17) is 9.84 Å². The summed E-state index contributed by atoms with van der Waals surface area (Å²) in [6.45, 7) is 3.59. The zero-order valence-corrected chi connectivity index (χ0v) is 11.7. The largest absolute Gasteiger partial charge is 0.484 e. The van der Waals surface area contributed by atoms with Crippen LogP contribution < -0.4 is 10.1 Å². The number of carbonyl (C=O) groups is 1. The molecule has 0 unspecified atom stereocenters. The van der Waals surface area contributed by atoms with E-state index in [0.29, 0.717) is 12.2 Å². The Labute approximate surface area is 119 Å². The number of amides is 1. The van der Waals surface area contributed by atoms with Crippen molar-refractivity contribution in [1.82, 2.24) is 10.2 Å². The Morgan fingerprint density at radius 3 is 2.80 bits per heavy atom. The average molecular weight is 278 g/mol. The van der Waals surface area contributed by atoms with Crippen molar-refractivity contribution in [3.05, 3.63) is 29.8 Å². The molecule has 1 aliphatic heterocycles. The molecule has 0 aliphatic carbocycles. The first-order chi connectivity index (χ1) is 9.79. The lowest BCUT2D eigenvalue weighted by atomic mass is 10.1. The maximum absolute atomic E-state index is 12.0. The standard InChI is InChI=1S/C15H22N2O3/c18-11-6-13-2-4-14(5-3-13)20-12-15(19)17-9-1-7-16-8-10-17/h2-5,16,18H,1,6-12H2. The molecular weight excluding hydrogens is 256 g/mol. The Balaban J connectivity index is 1.80. The molecule has 110 valence electrons. The van der Waals surface area contributed by atoms with E-state index < -0.39 is 0 Å². The summed E-state index contributed by atoms with van der Waals surface area (Å²) in [5, 5.41) is 12.1. The molecule has 0 aromatic heterocycles. The Morgan fingerprint density at radius 1 is 1.25 bits per heavy atom. The molecule has 0 saturated carbocycles. The predicted molar refractivity (Wildman–Crippen MR) is 76.8 cm³/mol. The molecule has 0 radical (unpaired) electrons. The van der Waals surface area contributed by atoms with Crippen molar-refractivity contribution in [2.45, 2.75) is 12.8 Å². The Morgan fingerprint density at radius 2 is 2.05 bits per heavy atom. The molecule has 5 nitrogen and oxygen atoms in total. The third kappa shape index (κ3) is 4.51. The van der Waals surface area contributed by atoms with Gasteiger partial charge in [-0.2, -0.15) is 0 Å². The number of aliphatic hydroxyl groups is 1. The fourth-order valence-electron chi connectivity index (χ4n) is 2.21. The van der Waals surface area contributed by atoms with Crippen LogP contribution in [0, 0.1) is 0 Å². The molecule has 1 aliphatic rings. The summed E-state index contributed by atoms with van der Waals surface area (Å²) in [5.74, 6) is 0.723. The summed E-state index contributed by atoms with van der Waals surface area (Å²) in [7, 11) is 0. The van der Waals surface area contributed by atoms with Gasteiger partial charge in [0.25, 0.3) is 5.91 Å². The van der Waals surface area contributed by atoms with Crippen LogP contribution in [0.2, 0.25) is 0 Å². The van der Waals surface area contributed by atoms with E-state index in [0.717, 1.165) is 38.2 Å². The second-order valence-electron chi connectivity index (χ2n) is 4.89. The van der Waals surface area contributed by atoms with E-state index in [2.05, 4.69) is 5.32 Å². The highest BCUT2D eigenvalue weighted by Crippen LogP contribution is 2.12. The zero-order chi connectivity index (χ0) is 14.2. The Hall–Kier alpha value is -1.59. The van der Waals surface area contributed by atoms with Gasteiger partial charge in [0.15, 0.2) is 6.61 Å². The smallest absolute Gasteiger partial charge is 0.260 e. The van der Waals surface area contributed by atoms with Gasteiger partial charge < -0.3 is 20.1 Å². The molecule has 1 saturated heterocycles. The monoisotopic (exact) mass is 278 g/mol. The van der Waals surface area contributed by atoms with Crippen molar-refractivity contribution in [3.8, 4) is 5.75 Å². The zero-order valence-electron chi connectivity index (χ0n) is 11.7. The second kappa shape index (κ2) is 7.87. The Bertz CT molecular complexity index is 412. The maximum atomic E-state index is 12.0. The number of ether oxygens (including phenoxy) is 1. The van der Waals surface area contributed by atoms with Crippen molar-refractivity contribution in [2.75, 3.05) is 39.4 Å². The minimum absolute atomic E-state index is 0.0353. The fraction of sp³-hybridized carbons (Fsp3) is 0.533. The highest BCUT2D eigenvalue weighted by Gasteiger charge is 2.15. The third-order valence-corrected chi connectivity index (χ3v) is 3.38. The van der Waals surface area contributed by atoms with Gasteiger partial charge in [0.1, 0.15) is 5.75 Å². The summed E-state index contributed by atoms with van der Waals surface area (Å²) in [6, 6.07) is 7.49. The number of nitrogens with one attached hydrogen (secondary N) is 1. The van der Waals surface area contributed by atoms with Gasteiger partial charge in [0.2, 0.25) is 0 Å². The van der Waals surface area contributed by atoms with Crippen LogP contribution in [0.1, 0.15) is 12.0 Å². The number of carbonyl (C=O) groups excluding carboxylic acids is 1. The molecule has 1 aromatic carbocycles. The summed E-state index contributed by atoms with van der Waals surface area (Å²) < 4.78 is 5.52. The van der Waals surface area contributed by atoms with E-state index in [1.165, 1.54) is 0 Å². The highest BCUT2D eigenvalue weighted by atomic mass is 16.5. The number of hydrogen-bond acceptors (Lipinski definition) is 4. The van der Waals surface area contributed by atoms with E-state index in [-0.39, 0.29) is 19.1 Å². The van der Waals surface area contributed by atoms with Gasteiger partial charge in [-0.05, 0) is 37.1 Å². The lowest BCUT2D eigenvalue weighted by molar-refractivity contribution is -0.133. The molecule has 1 amide bonds. The number of benzene rings is 1. The number of aliphatic hydroxyl groups excluding tert-OH is 1. The van der Waals surface area contributed by atoms with Crippen molar-refractivity contribution in [3.63, 3.8) is 0 Å². The Kier molecular flexibility index (Phi) is 5.83. The minimum atomic E-state index is 0.0353. The molecule has 20 heavy (non-hydrogen) atoms. The molecule has 0 spiro atoms. The molecule has 0 atom stereocenters. The van der Waals surface area contributed by atoms with Crippen molar-refractivity contribution >= 4 is 5.91 Å². The average Bonchev–Trinajstić information content (AvgIpc) is 2.76. The summed E-state index contributed by atoms with van der Waals surface area (Å²) in [4.78, 5) is 13.9. The van der Waals surface area contributed by atoms with Crippen LogP contribution in [0.4, 0.5) is 0 Å². The minimum Gasteiger partial charge on any atom is -0.484 e. The molecular formula is C15H22N2O3. The number of rotatable bonds is 5. The van der Waals surface area contributed by atoms with E-state index in [1.807, 2.05) is 29.2 Å². The summed E-state index contributed by atoms with van der Waals surface area (Å²) >= 11 is 0. The molecule has 2 N–H and O–H groups in total. The molecule has 1 heterocycles. The number of nitrogens with zero attached hydrogens (tertiary/aromatic N) is 1. The topological polar surface area (TPSA) is 61.8 Å². The van der Waals surface area contributed by atoms with E-state index >= 15 is 0 Å². The first kappa shape index (κ1) is 14.8. The van der Waals surface area contributed by atoms with Crippen LogP contribution in [0.15, 0.2) is 24.3 Å². The summed E-state index contributed by atoms with van der Waals surface area (Å²) in [6.07, 6.45) is 1.63. The van der Waals surface area contributed by atoms with Gasteiger partial charge >= 0.3 is 0 Å². The second-order valence-corrected chi connectivity index (χ2v) is 4.89. The first-order valence-corrected chi connectivity index (χ1v) is 7.10. The van der Waals surface area contributed by atoms with Gasteiger partial charge in [-0.1, -0.05) is 12.1 Å². The van der Waals surface area contributed by atoms with E-state index in [9.17, 15) is 4.79 Å². The summed E-state index contributed by atoms with van der Waals surface area (Å²) in [5.41, 5.74) is 1.06. The lowest BCUT2D eigenvalue weighted by Gasteiger charge is -2.20. The molecule has 2 rings (SSSR count). The van der Waals surface area contributed by atoms with Gasteiger partial charge in [-0.25, -0.2) is 0 Å². The maximum Gasteiger partial charge on any atom is 0.260 e. The molecule has 5 heteroatoms. The highest BCUT2D eigenvalue weighted by molar-refractivity contribution is 5.77. The predicted octanol–water partition coefficient (Wildman–Crippen LogP) is 0.422. The number of hydrogen-bond donors (Lipinski definition) is 2. The fourth-order valence-corrected chi connectivity index (χ4v) is 2.21. The molecule has 0 bridgehead atoms. The van der Waals surface area contributed by atoms with Crippen molar-refractivity contribution < 1.29 is 14.6 Å². The van der Waals surface area contributed by atoms with Crippen LogP contribution in [-0.2, 0) is 11.2 Å².